The SMILES string of the molecule is CC(N)CCc1cc(O)ccc1F. The number of aromatic hydroxyl groups is 1. The number of hydrogen-bond acceptors (Lipinski definition) is 2. The van der Waals surface area contributed by atoms with E-state index in [9.17, 15) is 4.39 Å². The molecule has 2 nitrogen and oxygen atoms in total. The largest absolute Gasteiger partial charge is 0.508 e. The normalized spacial score (nSPS) is 12.8. The lowest BCUT2D eigenvalue weighted by atomic mass is 10.1. The molecule has 0 aliphatic carbocycles. The lowest BCUT2D eigenvalue weighted by Crippen LogP contribution is -2.15. The molecule has 0 bridgehead atoms. The van der Waals surface area contributed by atoms with Crippen LogP contribution in [0.2, 0.25) is 0 Å². The summed E-state index contributed by atoms with van der Waals surface area (Å²) in [5.41, 5.74) is 6.07. The fourth-order valence-electron chi connectivity index (χ4n) is 1.14. The molecule has 0 aromatic heterocycles. The number of hydrogen-bond donors (Lipinski definition) is 2. The predicted octanol–water partition coefficient (Wildman–Crippen LogP) is 1.81. The Bertz CT molecular complexity index is 286. The fourth-order valence-corrected chi connectivity index (χ4v) is 1.14. The molecule has 0 spiro atoms. The summed E-state index contributed by atoms with van der Waals surface area (Å²) in [7, 11) is 0. The molecule has 3 N–H and O–H groups in total. The van der Waals surface area contributed by atoms with Gasteiger partial charge in [-0.1, -0.05) is 0 Å². The number of halogens is 1. The van der Waals surface area contributed by atoms with Crippen molar-refractivity contribution in [3.05, 3.63) is 29.6 Å². The number of phenols is 1. The zero-order valence-electron chi connectivity index (χ0n) is 7.63. The van der Waals surface area contributed by atoms with Crippen molar-refractivity contribution < 1.29 is 9.50 Å². The zero-order valence-corrected chi connectivity index (χ0v) is 7.63. The van der Waals surface area contributed by atoms with Gasteiger partial charge >= 0.3 is 0 Å². The molecule has 0 aliphatic rings. The number of benzene rings is 1. The maximum absolute atomic E-state index is 13.1. The smallest absolute Gasteiger partial charge is 0.126 e. The molecule has 72 valence electrons. The van der Waals surface area contributed by atoms with Crippen LogP contribution >= 0.6 is 0 Å². The van der Waals surface area contributed by atoms with Gasteiger partial charge in [0.2, 0.25) is 0 Å². The third-order valence-corrected chi connectivity index (χ3v) is 1.90. The summed E-state index contributed by atoms with van der Waals surface area (Å²) in [5.74, 6) is -0.181. The van der Waals surface area contributed by atoms with Gasteiger partial charge in [0.1, 0.15) is 11.6 Å². The Morgan fingerprint density at radius 1 is 1.54 bits per heavy atom. The number of phenolic OH excluding ortho intramolecular Hbond substituents is 1. The van der Waals surface area contributed by atoms with E-state index in [1.54, 1.807) is 0 Å². The molecule has 0 fully saturated rings. The van der Waals surface area contributed by atoms with Crippen molar-refractivity contribution in [1.29, 1.82) is 0 Å². The van der Waals surface area contributed by atoms with E-state index in [2.05, 4.69) is 0 Å². The second-order valence-electron chi connectivity index (χ2n) is 3.29. The molecule has 0 saturated heterocycles. The van der Waals surface area contributed by atoms with Crippen molar-refractivity contribution in [2.45, 2.75) is 25.8 Å². The van der Waals surface area contributed by atoms with Gasteiger partial charge in [-0.15, -0.1) is 0 Å². The third-order valence-electron chi connectivity index (χ3n) is 1.90. The van der Waals surface area contributed by atoms with Crippen LogP contribution < -0.4 is 5.73 Å². The van der Waals surface area contributed by atoms with Gasteiger partial charge in [-0.05, 0) is 43.5 Å². The lowest BCUT2D eigenvalue weighted by Gasteiger charge is -2.06. The summed E-state index contributed by atoms with van der Waals surface area (Å²) >= 11 is 0. The third kappa shape index (κ3) is 3.03. The molecule has 1 unspecified atom stereocenters. The van der Waals surface area contributed by atoms with Crippen molar-refractivity contribution in [2.75, 3.05) is 0 Å². The van der Waals surface area contributed by atoms with Crippen LogP contribution in [-0.4, -0.2) is 11.1 Å². The minimum Gasteiger partial charge on any atom is -0.508 e. The Morgan fingerprint density at radius 2 is 2.23 bits per heavy atom. The van der Waals surface area contributed by atoms with E-state index < -0.39 is 0 Å². The number of aryl methyl sites for hydroxylation is 1. The van der Waals surface area contributed by atoms with Crippen molar-refractivity contribution >= 4 is 0 Å². The molecular weight excluding hydrogens is 169 g/mol. The fraction of sp³-hybridized carbons (Fsp3) is 0.400. The summed E-state index contributed by atoms with van der Waals surface area (Å²) in [5, 5.41) is 9.10. The van der Waals surface area contributed by atoms with Gasteiger partial charge in [0.15, 0.2) is 0 Å². The van der Waals surface area contributed by atoms with Gasteiger partial charge in [0, 0.05) is 6.04 Å². The lowest BCUT2D eigenvalue weighted by molar-refractivity contribution is 0.470. The average molecular weight is 183 g/mol. The molecular formula is C10H14FNO. The van der Waals surface area contributed by atoms with E-state index >= 15 is 0 Å². The zero-order chi connectivity index (χ0) is 9.84. The molecule has 0 amide bonds. The highest BCUT2D eigenvalue weighted by Crippen LogP contribution is 2.16. The van der Waals surface area contributed by atoms with E-state index in [0.29, 0.717) is 12.0 Å². The van der Waals surface area contributed by atoms with Gasteiger partial charge in [-0.2, -0.15) is 0 Å². The predicted molar refractivity (Wildman–Crippen MR) is 50.0 cm³/mol. The van der Waals surface area contributed by atoms with Gasteiger partial charge < -0.3 is 10.8 Å². The van der Waals surface area contributed by atoms with Crippen molar-refractivity contribution in [3.8, 4) is 5.75 Å². The first-order chi connectivity index (χ1) is 6.09. The topological polar surface area (TPSA) is 46.2 Å². The Kier molecular flexibility index (Phi) is 3.25. The van der Waals surface area contributed by atoms with Crippen molar-refractivity contribution in [2.24, 2.45) is 5.73 Å². The van der Waals surface area contributed by atoms with Gasteiger partial charge in [-0.25, -0.2) is 4.39 Å². The molecule has 1 aromatic carbocycles. The molecule has 1 rings (SSSR count). The van der Waals surface area contributed by atoms with Crippen LogP contribution in [0.4, 0.5) is 4.39 Å². The van der Waals surface area contributed by atoms with Crippen molar-refractivity contribution in [1.82, 2.24) is 0 Å². The first kappa shape index (κ1) is 9.99. The molecule has 13 heavy (non-hydrogen) atoms. The molecule has 0 saturated carbocycles. The second-order valence-corrected chi connectivity index (χ2v) is 3.29. The van der Waals surface area contributed by atoms with Gasteiger partial charge in [0.25, 0.3) is 0 Å². The first-order valence-corrected chi connectivity index (χ1v) is 4.32. The Morgan fingerprint density at radius 3 is 2.85 bits per heavy atom. The monoisotopic (exact) mass is 183 g/mol. The second kappa shape index (κ2) is 4.23. The minimum atomic E-state index is -0.279. The molecule has 0 aliphatic heterocycles. The maximum Gasteiger partial charge on any atom is 0.126 e. The Labute approximate surface area is 77.2 Å². The van der Waals surface area contributed by atoms with Crippen LogP contribution in [-0.2, 0) is 6.42 Å². The molecule has 0 heterocycles. The standard InChI is InChI=1S/C10H14FNO/c1-7(12)2-3-8-6-9(13)4-5-10(8)11/h4-7,13H,2-3,12H2,1H3. The van der Waals surface area contributed by atoms with Gasteiger partial charge in [-0.3, -0.25) is 0 Å². The highest BCUT2D eigenvalue weighted by atomic mass is 19.1. The molecule has 0 radical (unpaired) electrons. The van der Waals surface area contributed by atoms with Crippen molar-refractivity contribution in [3.63, 3.8) is 0 Å². The van der Waals surface area contributed by atoms with Gasteiger partial charge in [0.05, 0.1) is 0 Å². The summed E-state index contributed by atoms with van der Waals surface area (Å²) < 4.78 is 13.1. The van der Waals surface area contributed by atoms with Crippen LogP contribution in [0.5, 0.6) is 5.75 Å². The van der Waals surface area contributed by atoms with Crippen LogP contribution in [0, 0.1) is 5.82 Å². The minimum absolute atomic E-state index is 0.0572. The molecule has 1 aromatic rings. The summed E-state index contributed by atoms with van der Waals surface area (Å²) in [6.45, 7) is 1.88. The van der Waals surface area contributed by atoms with E-state index in [4.69, 9.17) is 10.8 Å². The highest BCUT2D eigenvalue weighted by Gasteiger charge is 2.04. The summed E-state index contributed by atoms with van der Waals surface area (Å²) in [4.78, 5) is 0. The average Bonchev–Trinajstić information content (AvgIpc) is 2.06. The molecule has 1 atom stereocenters. The van der Waals surface area contributed by atoms with E-state index in [1.165, 1.54) is 18.2 Å². The Balaban J connectivity index is 2.70. The summed E-state index contributed by atoms with van der Waals surface area (Å²) in [6, 6.07) is 4.11. The van der Waals surface area contributed by atoms with Crippen LogP contribution in [0.1, 0.15) is 18.9 Å². The van der Waals surface area contributed by atoms with E-state index in [-0.39, 0.29) is 17.6 Å². The first-order valence-electron chi connectivity index (χ1n) is 4.32. The van der Waals surface area contributed by atoms with E-state index in [1.807, 2.05) is 6.92 Å². The highest BCUT2D eigenvalue weighted by molar-refractivity contribution is 5.28. The maximum atomic E-state index is 13.1. The number of nitrogens with two attached hydrogens (primary N) is 1. The van der Waals surface area contributed by atoms with Crippen LogP contribution in [0.15, 0.2) is 18.2 Å². The quantitative estimate of drug-likeness (QED) is 0.750. The van der Waals surface area contributed by atoms with Crippen LogP contribution in [0.25, 0.3) is 0 Å². The van der Waals surface area contributed by atoms with Crippen LogP contribution in [0.3, 0.4) is 0 Å². The Hall–Kier alpha value is -1.09. The number of rotatable bonds is 3. The summed E-state index contributed by atoms with van der Waals surface area (Å²) in [6.07, 6.45) is 1.29. The van der Waals surface area contributed by atoms with E-state index in [0.717, 1.165) is 6.42 Å². The molecule has 3 heteroatoms.